The van der Waals surface area contributed by atoms with Crippen LogP contribution < -0.4 is 14.2 Å². The zero-order valence-corrected chi connectivity index (χ0v) is 17.3. The van der Waals surface area contributed by atoms with Crippen LogP contribution in [0, 0.1) is 0 Å². The number of nitrogens with zero attached hydrogens (tertiary/aromatic N) is 2. The van der Waals surface area contributed by atoms with Crippen LogP contribution in [0.3, 0.4) is 0 Å². The number of benzene rings is 2. The van der Waals surface area contributed by atoms with E-state index in [1.54, 1.807) is 31.2 Å². The fourth-order valence-corrected chi connectivity index (χ4v) is 3.80. The lowest BCUT2D eigenvalue weighted by atomic mass is 10.1. The van der Waals surface area contributed by atoms with Gasteiger partial charge in [0, 0.05) is 19.2 Å². The Bertz CT molecular complexity index is 979. The number of likely N-dealkylation sites (N-methyl/N-ethyl adjacent to an activating group) is 1. The highest BCUT2D eigenvalue weighted by molar-refractivity contribution is 6.13. The van der Waals surface area contributed by atoms with Gasteiger partial charge in [0.2, 0.25) is 0 Å². The average molecular weight is 394 g/mol. The van der Waals surface area contributed by atoms with Crippen molar-refractivity contribution in [1.29, 1.82) is 0 Å². The van der Waals surface area contributed by atoms with E-state index in [0.29, 0.717) is 29.4 Å². The number of carbonyl (C=O) groups excluding carboxylic acids is 1. The van der Waals surface area contributed by atoms with Crippen LogP contribution >= 0.6 is 0 Å². The topological polar surface area (TPSA) is 51.2 Å². The summed E-state index contributed by atoms with van der Waals surface area (Å²) in [7, 11) is 3.38. The molecule has 0 aliphatic carbocycles. The molecule has 6 heteroatoms. The number of fused-ring (bicyclic) bond motifs is 1. The minimum atomic E-state index is -0.0474. The molecule has 1 amide bonds. The molecular weight excluding hydrogens is 368 g/mol. The third kappa shape index (κ3) is 3.34. The lowest BCUT2D eigenvalue weighted by Gasteiger charge is -2.18. The zero-order valence-electron chi connectivity index (χ0n) is 17.3. The fraction of sp³-hybridized carbons (Fsp3) is 0.348. The van der Waals surface area contributed by atoms with Gasteiger partial charge in [0.1, 0.15) is 18.1 Å². The molecule has 0 spiro atoms. The second-order valence-electron chi connectivity index (χ2n) is 7.09. The molecule has 2 aliphatic rings. The van der Waals surface area contributed by atoms with Crippen molar-refractivity contribution in [2.45, 2.75) is 13.8 Å². The molecule has 0 radical (unpaired) electrons. The van der Waals surface area contributed by atoms with E-state index in [-0.39, 0.29) is 5.91 Å². The standard InChI is InChI=1S/C23H26N2O4/c1-5-25(6-2)11-12-28-16-7-9-19-15(13-16)14-18-21-17(23(26)24(18)3)8-10-20(27-4)22(21)29-19/h7-10,13-14H,5-6,11-12H2,1-4H3. The van der Waals surface area contributed by atoms with Gasteiger partial charge in [-0.05, 0) is 49.5 Å². The summed E-state index contributed by atoms with van der Waals surface area (Å²) in [5, 5.41) is 0. The Morgan fingerprint density at radius 2 is 1.93 bits per heavy atom. The van der Waals surface area contributed by atoms with Crippen molar-refractivity contribution < 1.29 is 19.0 Å². The second kappa shape index (κ2) is 7.79. The molecule has 152 valence electrons. The summed E-state index contributed by atoms with van der Waals surface area (Å²) in [6, 6.07) is 9.34. The maximum atomic E-state index is 12.7. The lowest BCUT2D eigenvalue weighted by Crippen LogP contribution is -2.27. The molecule has 0 fully saturated rings. The largest absolute Gasteiger partial charge is 0.493 e. The molecular formula is C23H26N2O4. The van der Waals surface area contributed by atoms with Gasteiger partial charge in [-0.25, -0.2) is 0 Å². The highest BCUT2D eigenvalue weighted by atomic mass is 16.5. The van der Waals surface area contributed by atoms with Crippen LogP contribution in [0.1, 0.15) is 35.3 Å². The number of methoxy groups -OCH3 is 1. The first-order valence-corrected chi connectivity index (χ1v) is 9.95. The summed E-state index contributed by atoms with van der Waals surface area (Å²) in [6.45, 7) is 7.81. The van der Waals surface area contributed by atoms with Crippen LogP contribution in [0.25, 0.3) is 11.8 Å². The molecule has 0 aromatic heterocycles. The number of ether oxygens (including phenoxy) is 3. The van der Waals surface area contributed by atoms with Crippen LogP contribution in [-0.2, 0) is 0 Å². The summed E-state index contributed by atoms with van der Waals surface area (Å²) in [6.07, 6.45) is 1.98. The van der Waals surface area contributed by atoms with Gasteiger partial charge in [0.15, 0.2) is 11.5 Å². The Labute approximate surface area is 171 Å². The number of carbonyl (C=O) groups is 1. The number of hydrogen-bond acceptors (Lipinski definition) is 5. The first-order valence-electron chi connectivity index (χ1n) is 9.95. The van der Waals surface area contributed by atoms with Crippen molar-refractivity contribution in [2.75, 3.05) is 40.4 Å². The van der Waals surface area contributed by atoms with E-state index >= 15 is 0 Å². The van der Waals surface area contributed by atoms with Gasteiger partial charge in [0.25, 0.3) is 5.91 Å². The van der Waals surface area contributed by atoms with Gasteiger partial charge in [-0.2, -0.15) is 0 Å². The molecule has 2 aliphatic heterocycles. The van der Waals surface area contributed by atoms with Gasteiger partial charge in [-0.1, -0.05) is 13.8 Å². The molecule has 0 N–H and O–H groups in total. The van der Waals surface area contributed by atoms with Crippen LogP contribution in [0.5, 0.6) is 23.0 Å². The van der Waals surface area contributed by atoms with E-state index in [4.69, 9.17) is 14.2 Å². The first kappa shape index (κ1) is 19.3. The molecule has 0 saturated carbocycles. The van der Waals surface area contributed by atoms with Crippen LogP contribution in [0.15, 0.2) is 30.3 Å². The maximum Gasteiger partial charge on any atom is 0.258 e. The van der Waals surface area contributed by atoms with Crippen molar-refractivity contribution >= 4 is 17.7 Å². The van der Waals surface area contributed by atoms with E-state index < -0.39 is 0 Å². The SMILES string of the molecule is CCN(CC)CCOc1ccc2c(c1)C=C1c3c(ccc(OC)c3O2)C(=O)N1C. The molecule has 0 bridgehead atoms. The predicted molar refractivity (Wildman–Crippen MR) is 113 cm³/mol. The second-order valence-corrected chi connectivity index (χ2v) is 7.09. The molecule has 2 heterocycles. The Morgan fingerprint density at radius 1 is 1.14 bits per heavy atom. The molecule has 0 unspecified atom stereocenters. The number of hydrogen-bond donors (Lipinski definition) is 0. The number of amides is 1. The highest BCUT2D eigenvalue weighted by Crippen LogP contribution is 2.49. The van der Waals surface area contributed by atoms with E-state index in [0.717, 1.165) is 42.2 Å². The lowest BCUT2D eigenvalue weighted by molar-refractivity contribution is 0.0875. The zero-order chi connectivity index (χ0) is 20.5. The molecule has 2 aromatic rings. The van der Waals surface area contributed by atoms with Gasteiger partial charge >= 0.3 is 0 Å². The van der Waals surface area contributed by atoms with Crippen molar-refractivity contribution in [2.24, 2.45) is 0 Å². The normalized spacial score (nSPS) is 14.2. The molecule has 4 rings (SSSR count). The Morgan fingerprint density at radius 3 is 2.66 bits per heavy atom. The van der Waals surface area contributed by atoms with Crippen molar-refractivity contribution in [3.8, 4) is 23.0 Å². The smallest absolute Gasteiger partial charge is 0.258 e. The average Bonchev–Trinajstić information content (AvgIpc) is 2.89. The predicted octanol–water partition coefficient (Wildman–Crippen LogP) is 4.11. The van der Waals surface area contributed by atoms with Crippen LogP contribution in [-0.4, -0.2) is 56.1 Å². The Hall–Kier alpha value is -2.99. The van der Waals surface area contributed by atoms with Crippen LogP contribution in [0.2, 0.25) is 0 Å². The quantitative estimate of drug-likeness (QED) is 0.708. The summed E-state index contributed by atoms with van der Waals surface area (Å²) in [5.74, 6) is 2.61. The summed E-state index contributed by atoms with van der Waals surface area (Å²) < 4.78 is 17.7. The van der Waals surface area contributed by atoms with Gasteiger partial charge < -0.3 is 24.0 Å². The van der Waals surface area contributed by atoms with E-state index in [9.17, 15) is 4.79 Å². The van der Waals surface area contributed by atoms with E-state index in [1.165, 1.54) is 0 Å². The molecule has 2 aromatic carbocycles. The highest BCUT2D eigenvalue weighted by Gasteiger charge is 2.36. The first-order chi connectivity index (χ1) is 14.1. The Balaban J connectivity index is 1.68. The van der Waals surface area contributed by atoms with Crippen LogP contribution in [0.4, 0.5) is 0 Å². The van der Waals surface area contributed by atoms with E-state index in [2.05, 4.69) is 18.7 Å². The van der Waals surface area contributed by atoms with Gasteiger partial charge in [-0.3, -0.25) is 4.79 Å². The third-order valence-corrected chi connectivity index (χ3v) is 5.55. The van der Waals surface area contributed by atoms with Crippen molar-refractivity contribution in [3.05, 3.63) is 47.0 Å². The maximum absolute atomic E-state index is 12.7. The summed E-state index contributed by atoms with van der Waals surface area (Å²) in [5.41, 5.74) is 3.07. The van der Waals surface area contributed by atoms with Crippen molar-refractivity contribution in [3.63, 3.8) is 0 Å². The minimum Gasteiger partial charge on any atom is -0.493 e. The third-order valence-electron chi connectivity index (χ3n) is 5.55. The van der Waals surface area contributed by atoms with E-state index in [1.807, 2.05) is 24.3 Å². The molecule has 0 saturated heterocycles. The molecule has 29 heavy (non-hydrogen) atoms. The van der Waals surface area contributed by atoms with Gasteiger partial charge in [0.05, 0.1) is 23.9 Å². The Kier molecular flexibility index (Phi) is 5.20. The van der Waals surface area contributed by atoms with Crippen molar-refractivity contribution in [1.82, 2.24) is 9.80 Å². The molecule has 0 atom stereocenters. The fourth-order valence-electron chi connectivity index (χ4n) is 3.80. The summed E-state index contributed by atoms with van der Waals surface area (Å²) >= 11 is 0. The summed E-state index contributed by atoms with van der Waals surface area (Å²) in [4.78, 5) is 16.6. The monoisotopic (exact) mass is 394 g/mol. The minimum absolute atomic E-state index is 0.0474. The van der Waals surface area contributed by atoms with Gasteiger partial charge in [-0.15, -0.1) is 0 Å². The molecule has 6 nitrogen and oxygen atoms in total. The number of rotatable bonds is 7.